The molecule has 88 valence electrons. The van der Waals surface area contributed by atoms with Gasteiger partial charge < -0.3 is 5.32 Å². The number of anilines is 1. The molecule has 0 bridgehead atoms. The first-order valence-corrected chi connectivity index (χ1v) is 6.56. The third-order valence-electron chi connectivity index (χ3n) is 3.85. The van der Waals surface area contributed by atoms with Gasteiger partial charge in [0.15, 0.2) is 0 Å². The van der Waals surface area contributed by atoms with Crippen LogP contribution in [0, 0.1) is 11.8 Å². The molecule has 1 N–H and O–H groups in total. The quantitative estimate of drug-likeness (QED) is 0.804. The fourth-order valence-corrected chi connectivity index (χ4v) is 2.97. The normalized spacial score (nSPS) is 25.7. The average molecular weight is 217 g/mol. The zero-order valence-electron chi connectivity index (χ0n) is 10.7. The van der Waals surface area contributed by atoms with E-state index >= 15 is 0 Å². The van der Waals surface area contributed by atoms with Crippen molar-refractivity contribution >= 4 is 5.69 Å². The van der Waals surface area contributed by atoms with Crippen molar-refractivity contribution in [2.45, 2.75) is 46.1 Å². The van der Waals surface area contributed by atoms with E-state index in [2.05, 4.69) is 50.4 Å². The standard InChI is InChI=1S/C15H23N/c1-4-7-11(2)15-12(3)10-13-8-5-6-9-14(13)16-15/h5-6,8-9,11-12,15-16H,4,7,10H2,1-3H3. The van der Waals surface area contributed by atoms with Gasteiger partial charge in [0.1, 0.15) is 0 Å². The SMILES string of the molecule is CCCC(C)C1Nc2ccccc2CC1C. The monoisotopic (exact) mass is 217 g/mol. The summed E-state index contributed by atoms with van der Waals surface area (Å²) in [5.74, 6) is 1.52. The second-order valence-electron chi connectivity index (χ2n) is 5.27. The fraction of sp³-hybridized carbons (Fsp3) is 0.600. The van der Waals surface area contributed by atoms with Crippen LogP contribution in [0.1, 0.15) is 39.2 Å². The highest BCUT2D eigenvalue weighted by Crippen LogP contribution is 2.32. The van der Waals surface area contributed by atoms with Crippen LogP contribution in [0.2, 0.25) is 0 Å². The van der Waals surface area contributed by atoms with E-state index in [4.69, 9.17) is 0 Å². The maximum Gasteiger partial charge on any atom is 0.0375 e. The lowest BCUT2D eigenvalue weighted by atomic mass is 9.81. The maximum atomic E-state index is 3.73. The molecular formula is C15H23N. The largest absolute Gasteiger partial charge is 0.382 e. The first kappa shape index (κ1) is 11.5. The minimum absolute atomic E-state index is 0.648. The molecule has 1 aliphatic heterocycles. The van der Waals surface area contributed by atoms with E-state index in [1.807, 2.05) is 0 Å². The maximum absolute atomic E-state index is 3.73. The Morgan fingerprint density at radius 2 is 2.12 bits per heavy atom. The van der Waals surface area contributed by atoms with Crippen LogP contribution in [0.25, 0.3) is 0 Å². The van der Waals surface area contributed by atoms with Gasteiger partial charge in [-0.2, -0.15) is 0 Å². The Morgan fingerprint density at radius 1 is 1.38 bits per heavy atom. The van der Waals surface area contributed by atoms with Crippen LogP contribution in [-0.4, -0.2) is 6.04 Å². The molecule has 1 aromatic carbocycles. The summed E-state index contributed by atoms with van der Waals surface area (Å²) in [5, 5.41) is 3.73. The molecule has 0 saturated carbocycles. The number of rotatable bonds is 3. The van der Waals surface area contributed by atoms with Gasteiger partial charge in [-0.25, -0.2) is 0 Å². The highest BCUT2D eigenvalue weighted by Gasteiger charge is 2.27. The summed E-state index contributed by atoms with van der Waals surface area (Å²) in [6, 6.07) is 9.38. The van der Waals surface area contributed by atoms with Gasteiger partial charge >= 0.3 is 0 Å². The molecule has 3 unspecified atom stereocenters. The second-order valence-corrected chi connectivity index (χ2v) is 5.27. The van der Waals surface area contributed by atoms with Crippen LogP contribution in [0.5, 0.6) is 0 Å². The van der Waals surface area contributed by atoms with Crippen molar-refractivity contribution in [1.29, 1.82) is 0 Å². The number of hydrogen-bond donors (Lipinski definition) is 1. The predicted octanol–water partition coefficient (Wildman–Crippen LogP) is 4.10. The summed E-state index contributed by atoms with van der Waals surface area (Å²) >= 11 is 0. The summed E-state index contributed by atoms with van der Waals surface area (Å²) < 4.78 is 0. The number of benzene rings is 1. The van der Waals surface area contributed by atoms with E-state index < -0.39 is 0 Å². The molecule has 0 amide bonds. The van der Waals surface area contributed by atoms with Crippen molar-refractivity contribution in [3.8, 4) is 0 Å². The van der Waals surface area contributed by atoms with Crippen molar-refractivity contribution in [2.75, 3.05) is 5.32 Å². The first-order valence-electron chi connectivity index (χ1n) is 6.56. The summed E-state index contributed by atoms with van der Waals surface area (Å²) in [6.45, 7) is 7.03. The third kappa shape index (κ3) is 2.23. The minimum Gasteiger partial charge on any atom is -0.382 e. The van der Waals surface area contributed by atoms with Crippen LogP contribution in [0.3, 0.4) is 0 Å². The second kappa shape index (κ2) is 4.90. The zero-order chi connectivity index (χ0) is 11.5. The molecule has 0 saturated heterocycles. The molecule has 1 nitrogen and oxygen atoms in total. The molecule has 0 aliphatic carbocycles. The molecule has 2 rings (SSSR count). The molecule has 0 radical (unpaired) electrons. The van der Waals surface area contributed by atoms with E-state index in [1.165, 1.54) is 30.5 Å². The van der Waals surface area contributed by atoms with Crippen molar-refractivity contribution in [3.05, 3.63) is 29.8 Å². The van der Waals surface area contributed by atoms with Crippen molar-refractivity contribution < 1.29 is 0 Å². The Bertz CT molecular complexity index is 345. The average Bonchev–Trinajstić information content (AvgIpc) is 2.28. The Labute approximate surface area is 99.3 Å². The highest BCUT2D eigenvalue weighted by atomic mass is 14.9. The van der Waals surface area contributed by atoms with Gasteiger partial charge in [0, 0.05) is 11.7 Å². The van der Waals surface area contributed by atoms with E-state index in [1.54, 1.807) is 0 Å². The van der Waals surface area contributed by atoms with Gasteiger partial charge in [-0.3, -0.25) is 0 Å². The van der Waals surface area contributed by atoms with Crippen LogP contribution >= 0.6 is 0 Å². The number of fused-ring (bicyclic) bond motifs is 1. The molecule has 1 heterocycles. The molecule has 0 spiro atoms. The Hall–Kier alpha value is -0.980. The lowest BCUT2D eigenvalue weighted by Crippen LogP contribution is -2.38. The summed E-state index contributed by atoms with van der Waals surface area (Å²) in [5.41, 5.74) is 2.84. The molecular weight excluding hydrogens is 194 g/mol. The van der Waals surface area contributed by atoms with Crippen LogP contribution in [-0.2, 0) is 6.42 Å². The van der Waals surface area contributed by atoms with Gasteiger partial charge in [0.05, 0.1) is 0 Å². The third-order valence-corrected chi connectivity index (χ3v) is 3.85. The van der Waals surface area contributed by atoms with Crippen molar-refractivity contribution in [1.82, 2.24) is 0 Å². The van der Waals surface area contributed by atoms with E-state index in [0.29, 0.717) is 6.04 Å². The van der Waals surface area contributed by atoms with Crippen molar-refractivity contribution in [2.24, 2.45) is 11.8 Å². The van der Waals surface area contributed by atoms with Crippen LogP contribution in [0.4, 0.5) is 5.69 Å². The van der Waals surface area contributed by atoms with Gasteiger partial charge in [-0.1, -0.05) is 45.4 Å². The summed E-state index contributed by atoms with van der Waals surface area (Å²) in [7, 11) is 0. The minimum atomic E-state index is 0.648. The number of nitrogens with one attached hydrogen (secondary N) is 1. The van der Waals surface area contributed by atoms with E-state index in [-0.39, 0.29) is 0 Å². The number of para-hydroxylation sites is 1. The lowest BCUT2D eigenvalue weighted by molar-refractivity contribution is 0.338. The molecule has 0 fully saturated rings. The van der Waals surface area contributed by atoms with E-state index in [0.717, 1.165) is 11.8 Å². The van der Waals surface area contributed by atoms with Crippen molar-refractivity contribution in [3.63, 3.8) is 0 Å². The van der Waals surface area contributed by atoms with Gasteiger partial charge in [-0.15, -0.1) is 0 Å². The Morgan fingerprint density at radius 3 is 2.88 bits per heavy atom. The lowest BCUT2D eigenvalue weighted by Gasteiger charge is -2.36. The molecule has 3 atom stereocenters. The molecule has 1 aliphatic rings. The van der Waals surface area contributed by atoms with Crippen LogP contribution < -0.4 is 5.32 Å². The molecule has 16 heavy (non-hydrogen) atoms. The predicted molar refractivity (Wildman–Crippen MR) is 70.8 cm³/mol. The zero-order valence-corrected chi connectivity index (χ0v) is 10.7. The summed E-state index contributed by atoms with van der Waals surface area (Å²) in [6.07, 6.45) is 3.83. The van der Waals surface area contributed by atoms with E-state index in [9.17, 15) is 0 Å². The fourth-order valence-electron chi connectivity index (χ4n) is 2.97. The van der Waals surface area contributed by atoms with Gasteiger partial charge in [0.25, 0.3) is 0 Å². The molecule has 1 heteroatoms. The topological polar surface area (TPSA) is 12.0 Å². The van der Waals surface area contributed by atoms with Crippen LogP contribution in [0.15, 0.2) is 24.3 Å². The number of hydrogen-bond acceptors (Lipinski definition) is 1. The molecule has 1 aromatic rings. The van der Waals surface area contributed by atoms with Gasteiger partial charge in [0.2, 0.25) is 0 Å². The van der Waals surface area contributed by atoms with Gasteiger partial charge in [-0.05, 0) is 36.3 Å². The Balaban J connectivity index is 2.14. The Kier molecular flexibility index (Phi) is 3.52. The highest BCUT2D eigenvalue weighted by molar-refractivity contribution is 5.54. The first-order chi connectivity index (χ1) is 7.72. The smallest absolute Gasteiger partial charge is 0.0375 e. The molecule has 0 aromatic heterocycles. The summed E-state index contributed by atoms with van der Waals surface area (Å²) in [4.78, 5) is 0.